The molecule has 1 fully saturated rings. The lowest BCUT2D eigenvalue weighted by Gasteiger charge is -2.22. The largest absolute Gasteiger partial charge is 0.341 e. The van der Waals surface area contributed by atoms with E-state index < -0.39 is 0 Å². The number of thioether (sulfide) groups is 2. The average Bonchev–Trinajstić information content (AvgIpc) is 3.25. The van der Waals surface area contributed by atoms with Gasteiger partial charge >= 0.3 is 0 Å². The van der Waals surface area contributed by atoms with Crippen LogP contribution in [-0.2, 0) is 4.79 Å². The Morgan fingerprint density at radius 3 is 2.61 bits per heavy atom. The second-order valence-electron chi connectivity index (χ2n) is 5.21. The number of nitrogens with zero attached hydrogens (tertiary/aromatic N) is 3. The summed E-state index contributed by atoms with van der Waals surface area (Å²) in [6, 6.07) is 9.99. The summed E-state index contributed by atoms with van der Waals surface area (Å²) in [7, 11) is 0. The van der Waals surface area contributed by atoms with Crippen molar-refractivity contribution in [2.24, 2.45) is 0 Å². The van der Waals surface area contributed by atoms with Crippen LogP contribution in [0.25, 0.3) is 0 Å². The monoisotopic (exact) mass is 365 g/mol. The molecular formula is C16H19N3OS3. The zero-order chi connectivity index (χ0) is 16.1. The van der Waals surface area contributed by atoms with Crippen LogP contribution in [-0.4, -0.2) is 39.8 Å². The molecule has 0 N–H and O–H groups in total. The van der Waals surface area contributed by atoms with Gasteiger partial charge in [0.05, 0.1) is 0 Å². The molecule has 1 aromatic heterocycles. The number of carbonyl (C=O) groups is 1. The standard InChI is InChI=1S/C16H19N3OS3/c1-2-21-15-17-18-16(23-15)22-13(12-8-4-3-5-9-12)14(20)19-10-6-7-11-19/h3-5,8-9,13H,2,6-7,10-11H2,1H3. The first-order valence-corrected chi connectivity index (χ1v) is 10.4. The Balaban J connectivity index is 1.80. The molecule has 2 aromatic rings. The minimum atomic E-state index is -0.235. The van der Waals surface area contributed by atoms with E-state index in [0.717, 1.165) is 45.9 Å². The fraction of sp³-hybridized carbons (Fsp3) is 0.438. The predicted molar refractivity (Wildman–Crippen MR) is 97.2 cm³/mol. The number of rotatable bonds is 6. The summed E-state index contributed by atoms with van der Waals surface area (Å²) in [5.41, 5.74) is 1.04. The van der Waals surface area contributed by atoms with Crippen molar-refractivity contribution in [3.8, 4) is 0 Å². The normalized spacial score (nSPS) is 15.8. The van der Waals surface area contributed by atoms with Crippen molar-refractivity contribution in [1.82, 2.24) is 15.1 Å². The summed E-state index contributed by atoms with van der Waals surface area (Å²) in [4.78, 5) is 14.9. The first-order chi connectivity index (χ1) is 11.3. The van der Waals surface area contributed by atoms with Gasteiger partial charge in [0.1, 0.15) is 5.25 Å². The highest BCUT2D eigenvalue weighted by atomic mass is 32.2. The Morgan fingerprint density at radius 1 is 1.22 bits per heavy atom. The molecule has 1 atom stereocenters. The van der Waals surface area contributed by atoms with Gasteiger partial charge in [0, 0.05) is 13.1 Å². The smallest absolute Gasteiger partial charge is 0.240 e. The lowest BCUT2D eigenvalue weighted by molar-refractivity contribution is -0.129. The molecule has 1 saturated heterocycles. The Kier molecular flexibility index (Phi) is 5.96. The minimum Gasteiger partial charge on any atom is -0.341 e. The van der Waals surface area contributed by atoms with Crippen molar-refractivity contribution in [3.63, 3.8) is 0 Å². The van der Waals surface area contributed by atoms with Crippen LogP contribution < -0.4 is 0 Å². The topological polar surface area (TPSA) is 46.1 Å². The molecule has 1 aromatic carbocycles. The Labute approximate surface area is 149 Å². The van der Waals surface area contributed by atoms with Crippen LogP contribution in [0.3, 0.4) is 0 Å². The Bertz CT molecular complexity index is 641. The lowest BCUT2D eigenvalue weighted by atomic mass is 10.1. The third-order valence-corrected chi connectivity index (χ3v) is 6.88. The minimum absolute atomic E-state index is 0.193. The van der Waals surface area contributed by atoms with Gasteiger partial charge in [-0.1, -0.05) is 72.1 Å². The summed E-state index contributed by atoms with van der Waals surface area (Å²) in [6.45, 7) is 3.84. The molecule has 0 spiro atoms. The average molecular weight is 366 g/mol. The van der Waals surface area contributed by atoms with Gasteiger partial charge in [0.25, 0.3) is 0 Å². The summed E-state index contributed by atoms with van der Waals surface area (Å²) in [5.74, 6) is 1.17. The maximum Gasteiger partial charge on any atom is 0.240 e. The molecule has 1 amide bonds. The summed E-state index contributed by atoms with van der Waals surface area (Å²) < 4.78 is 1.83. The van der Waals surface area contributed by atoms with Crippen LogP contribution in [0.4, 0.5) is 0 Å². The molecule has 0 bridgehead atoms. The number of hydrogen-bond acceptors (Lipinski definition) is 6. The summed E-state index contributed by atoms with van der Waals surface area (Å²) >= 11 is 4.79. The van der Waals surface area contributed by atoms with Crippen molar-refractivity contribution in [2.45, 2.75) is 33.7 Å². The molecular weight excluding hydrogens is 346 g/mol. The molecule has 1 aliphatic heterocycles. The number of amides is 1. The molecule has 3 rings (SSSR count). The van der Waals surface area contributed by atoms with Crippen LogP contribution in [0, 0.1) is 0 Å². The van der Waals surface area contributed by atoms with Gasteiger partial charge in [-0.2, -0.15) is 0 Å². The van der Waals surface area contributed by atoms with Crippen molar-refractivity contribution in [3.05, 3.63) is 35.9 Å². The third kappa shape index (κ3) is 4.28. The van der Waals surface area contributed by atoms with E-state index in [-0.39, 0.29) is 11.2 Å². The number of carbonyl (C=O) groups excluding carboxylic acids is 1. The van der Waals surface area contributed by atoms with E-state index in [1.54, 1.807) is 23.1 Å². The SMILES string of the molecule is CCSc1nnc(SC(C(=O)N2CCCC2)c2ccccc2)s1. The van der Waals surface area contributed by atoms with Crippen LogP contribution in [0.2, 0.25) is 0 Å². The van der Waals surface area contributed by atoms with E-state index in [2.05, 4.69) is 17.1 Å². The van der Waals surface area contributed by atoms with E-state index in [1.807, 2.05) is 35.2 Å². The molecule has 4 nitrogen and oxygen atoms in total. The van der Waals surface area contributed by atoms with Crippen molar-refractivity contribution in [1.29, 1.82) is 0 Å². The second-order valence-corrected chi connectivity index (χ2v) is 9.05. The molecule has 23 heavy (non-hydrogen) atoms. The van der Waals surface area contributed by atoms with E-state index in [1.165, 1.54) is 11.8 Å². The highest BCUT2D eigenvalue weighted by molar-refractivity contribution is 8.03. The number of hydrogen-bond donors (Lipinski definition) is 0. The lowest BCUT2D eigenvalue weighted by Crippen LogP contribution is -2.31. The molecule has 122 valence electrons. The quantitative estimate of drug-likeness (QED) is 0.721. The summed E-state index contributed by atoms with van der Waals surface area (Å²) in [6.07, 6.45) is 2.21. The van der Waals surface area contributed by atoms with E-state index >= 15 is 0 Å². The second kappa shape index (κ2) is 8.17. The van der Waals surface area contributed by atoms with E-state index in [9.17, 15) is 4.79 Å². The molecule has 7 heteroatoms. The zero-order valence-electron chi connectivity index (χ0n) is 13.0. The zero-order valence-corrected chi connectivity index (χ0v) is 15.4. The Morgan fingerprint density at radius 2 is 1.91 bits per heavy atom. The van der Waals surface area contributed by atoms with Gasteiger partial charge in [0.15, 0.2) is 8.68 Å². The van der Waals surface area contributed by atoms with Crippen molar-refractivity contribution in [2.75, 3.05) is 18.8 Å². The van der Waals surface area contributed by atoms with Crippen LogP contribution in [0.5, 0.6) is 0 Å². The van der Waals surface area contributed by atoms with Crippen LogP contribution in [0.15, 0.2) is 39.0 Å². The van der Waals surface area contributed by atoms with E-state index in [0.29, 0.717) is 0 Å². The van der Waals surface area contributed by atoms with Gasteiger partial charge in [-0.05, 0) is 24.2 Å². The molecule has 1 aliphatic rings. The van der Waals surface area contributed by atoms with Gasteiger partial charge in [0.2, 0.25) is 5.91 Å². The molecule has 0 aliphatic carbocycles. The molecule has 0 saturated carbocycles. The van der Waals surface area contributed by atoms with Crippen LogP contribution >= 0.6 is 34.9 Å². The third-order valence-electron chi connectivity index (χ3n) is 3.62. The van der Waals surface area contributed by atoms with E-state index in [4.69, 9.17) is 0 Å². The highest BCUT2D eigenvalue weighted by Crippen LogP contribution is 2.40. The van der Waals surface area contributed by atoms with Crippen molar-refractivity contribution < 1.29 is 4.79 Å². The number of likely N-dealkylation sites (tertiary alicyclic amines) is 1. The Hall–Kier alpha value is -1.05. The first-order valence-electron chi connectivity index (χ1n) is 7.74. The number of benzene rings is 1. The molecule has 0 radical (unpaired) electrons. The first kappa shape index (κ1) is 16.8. The van der Waals surface area contributed by atoms with Gasteiger partial charge < -0.3 is 4.90 Å². The summed E-state index contributed by atoms with van der Waals surface area (Å²) in [5, 5.41) is 8.21. The fourth-order valence-corrected chi connectivity index (χ4v) is 5.71. The maximum atomic E-state index is 12.9. The highest BCUT2D eigenvalue weighted by Gasteiger charge is 2.29. The van der Waals surface area contributed by atoms with Gasteiger partial charge in [-0.15, -0.1) is 10.2 Å². The van der Waals surface area contributed by atoms with Gasteiger partial charge in [-0.25, -0.2) is 0 Å². The van der Waals surface area contributed by atoms with Crippen molar-refractivity contribution >= 4 is 40.8 Å². The fourth-order valence-electron chi connectivity index (χ4n) is 2.52. The molecule has 1 unspecified atom stereocenters. The predicted octanol–water partition coefficient (Wildman–Crippen LogP) is 4.11. The van der Waals surface area contributed by atoms with Gasteiger partial charge in [-0.3, -0.25) is 4.79 Å². The maximum absolute atomic E-state index is 12.9. The molecule has 2 heterocycles. The van der Waals surface area contributed by atoms with Crippen LogP contribution in [0.1, 0.15) is 30.6 Å². The number of aromatic nitrogens is 2.